The van der Waals surface area contributed by atoms with Crippen LogP contribution in [0.25, 0.3) is 16.9 Å². The molecule has 2 amide bonds. The zero-order valence-corrected chi connectivity index (χ0v) is 20.7. The quantitative estimate of drug-likeness (QED) is 0.516. The first-order valence-electron chi connectivity index (χ1n) is 12.4. The predicted octanol–water partition coefficient (Wildman–Crippen LogP) is 3.74. The maximum absolute atomic E-state index is 13.8. The number of imidazole rings is 1. The van der Waals surface area contributed by atoms with Crippen molar-refractivity contribution in [1.82, 2.24) is 29.7 Å². The van der Waals surface area contributed by atoms with Gasteiger partial charge in [-0.05, 0) is 51.2 Å². The lowest BCUT2D eigenvalue weighted by Gasteiger charge is -2.35. The summed E-state index contributed by atoms with van der Waals surface area (Å²) in [6, 6.07) is 8.34. The second kappa shape index (κ2) is 10.3. The Bertz CT molecular complexity index is 1310. The third-order valence-corrected chi connectivity index (χ3v) is 7.04. The first-order valence-corrected chi connectivity index (χ1v) is 12.4. The minimum Gasteiger partial charge on any atom is -0.453 e. The Labute approximate surface area is 212 Å². The number of fused-ring (bicyclic) bond motifs is 1. The number of carbonyl (C=O) groups excluding carboxylic acids is 2. The maximum Gasteiger partial charge on any atom is 0.407 e. The van der Waals surface area contributed by atoms with Crippen LogP contribution in [0, 0.1) is 6.92 Å². The van der Waals surface area contributed by atoms with Gasteiger partial charge >= 0.3 is 6.09 Å². The Morgan fingerprint density at radius 1 is 1.11 bits per heavy atom. The molecule has 5 rings (SSSR count). The van der Waals surface area contributed by atoms with Crippen molar-refractivity contribution in [3.63, 3.8) is 0 Å². The molecule has 1 atom stereocenters. The second-order valence-corrected chi connectivity index (χ2v) is 9.41. The number of benzene rings is 1. The number of aromatic nitrogens is 4. The first kappa shape index (κ1) is 24.8. The van der Waals surface area contributed by atoms with Crippen LogP contribution >= 0.6 is 0 Å². The molecule has 196 valence electrons. The predicted molar refractivity (Wildman–Crippen MR) is 132 cm³/mol. The molecule has 2 fully saturated rings. The standard InChI is InChI=1S/C25H29F2N7O3/c1-14-28-20(13-21(29-14)34-19-6-4-3-5-17(19)31-23(34)22(26)27)30-15-7-9-16(10-8-15)33-12-11-18(24(33)35)32-25(36)37-2/h3-6,13,15-16,18,22H,7-12H2,1-2H3,(H,32,36)(H,28,29,30)/t15-,16-,18-/m0/s1. The second-order valence-electron chi connectivity index (χ2n) is 9.41. The van der Waals surface area contributed by atoms with E-state index in [4.69, 9.17) is 0 Å². The molecule has 2 aliphatic rings. The van der Waals surface area contributed by atoms with Crippen molar-refractivity contribution in [2.45, 2.75) is 63.6 Å². The molecule has 1 aliphatic carbocycles. The minimum atomic E-state index is -2.76. The van der Waals surface area contributed by atoms with Crippen LogP contribution in [-0.4, -0.2) is 68.2 Å². The lowest BCUT2D eigenvalue weighted by Crippen LogP contribution is -2.46. The van der Waals surface area contributed by atoms with Crippen molar-refractivity contribution in [3.8, 4) is 5.82 Å². The summed E-state index contributed by atoms with van der Waals surface area (Å²) in [6.45, 7) is 2.33. The van der Waals surface area contributed by atoms with Crippen LogP contribution in [0.1, 0.15) is 50.2 Å². The lowest BCUT2D eigenvalue weighted by molar-refractivity contribution is -0.131. The maximum atomic E-state index is 13.8. The average Bonchev–Trinajstić information content (AvgIpc) is 3.45. The molecular formula is C25H29F2N7O3. The van der Waals surface area contributed by atoms with Gasteiger partial charge in [-0.1, -0.05) is 12.1 Å². The molecular weight excluding hydrogens is 484 g/mol. The number of amides is 2. The lowest BCUT2D eigenvalue weighted by atomic mass is 9.90. The van der Waals surface area contributed by atoms with E-state index in [1.165, 1.54) is 11.7 Å². The van der Waals surface area contributed by atoms with E-state index in [1.807, 2.05) is 4.90 Å². The van der Waals surface area contributed by atoms with E-state index in [2.05, 4.69) is 30.3 Å². The largest absolute Gasteiger partial charge is 0.453 e. The van der Waals surface area contributed by atoms with Crippen molar-refractivity contribution in [2.75, 3.05) is 19.0 Å². The summed E-state index contributed by atoms with van der Waals surface area (Å²) in [5, 5.41) is 6.04. The normalized spacial score (nSPS) is 22.0. The first-order chi connectivity index (χ1) is 17.8. The summed E-state index contributed by atoms with van der Waals surface area (Å²) in [5.74, 6) is 0.919. The highest BCUT2D eigenvalue weighted by Gasteiger charge is 2.38. The topological polar surface area (TPSA) is 114 Å². The molecule has 10 nitrogen and oxygen atoms in total. The molecule has 2 aromatic heterocycles. The van der Waals surface area contributed by atoms with E-state index >= 15 is 0 Å². The molecule has 1 saturated carbocycles. The number of nitrogens with zero attached hydrogens (tertiary/aromatic N) is 5. The van der Waals surface area contributed by atoms with Gasteiger partial charge in [0.25, 0.3) is 6.43 Å². The molecule has 1 aliphatic heterocycles. The number of nitrogens with one attached hydrogen (secondary N) is 2. The molecule has 1 saturated heterocycles. The van der Waals surface area contributed by atoms with Crippen LogP contribution in [-0.2, 0) is 9.53 Å². The zero-order chi connectivity index (χ0) is 26.1. The number of alkyl carbamates (subject to hydrolysis) is 1. The number of hydrogen-bond acceptors (Lipinski definition) is 7. The molecule has 37 heavy (non-hydrogen) atoms. The third kappa shape index (κ3) is 5.05. The summed E-state index contributed by atoms with van der Waals surface area (Å²) >= 11 is 0. The number of carbonyl (C=O) groups is 2. The number of ether oxygens (including phenoxy) is 1. The van der Waals surface area contributed by atoms with Gasteiger partial charge in [0.15, 0.2) is 5.82 Å². The Kier molecular flexibility index (Phi) is 6.90. The van der Waals surface area contributed by atoms with Crippen LogP contribution in [0.4, 0.5) is 19.4 Å². The van der Waals surface area contributed by atoms with Crippen LogP contribution in [0.2, 0.25) is 0 Å². The van der Waals surface area contributed by atoms with Crippen LogP contribution < -0.4 is 10.6 Å². The average molecular weight is 514 g/mol. The Balaban J connectivity index is 1.27. The third-order valence-electron chi connectivity index (χ3n) is 7.04. The fourth-order valence-corrected chi connectivity index (χ4v) is 5.31. The number of anilines is 1. The Morgan fingerprint density at radius 3 is 2.59 bits per heavy atom. The van der Waals surface area contributed by atoms with Crippen molar-refractivity contribution in [3.05, 3.63) is 42.0 Å². The van der Waals surface area contributed by atoms with Gasteiger partial charge in [-0.15, -0.1) is 0 Å². The summed E-state index contributed by atoms with van der Waals surface area (Å²) in [4.78, 5) is 39.1. The number of para-hydroxylation sites is 2. The van der Waals surface area contributed by atoms with Gasteiger partial charge in [0.1, 0.15) is 23.5 Å². The van der Waals surface area contributed by atoms with Gasteiger partial charge in [-0.2, -0.15) is 0 Å². The highest BCUT2D eigenvalue weighted by atomic mass is 19.3. The molecule has 3 aromatic rings. The molecule has 0 unspecified atom stereocenters. The SMILES string of the molecule is COC(=O)N[C@H]1CCN([C@H]2CC[C@H](Nc3cc(-n4c(C(F)F)nc5ccccc54)nc(C)n3)CC2)C1=O. The van der Waals surface area contributed by atoms with E-state index in [-0.39, 0.29) is 23.8 Å². The van der Waals surface area contributed by atoms with Crippen molar-refractivity contribution in [1.29, 1.82) is 0 Å². The van der Waals surface area contributed by atoms with Crippen LogP contribution in [0.5, 0.6) is 0 Å². The highest BCUT2D eigenvalue weighted by Crippen LogP contribution is 2.30. The molecule has 1 aromatic carbocycles. The molecule has 3 heterocycles. The number of rotatable bonds is 6. The number of alkyl halides is 2. The minimum absolute atomic E-state index is 0.0692. The zero-order valence-electron chi connectivity index (χ0n) is 20.7. The monoisotopic (exact) mass is 513 g/mol. The van der Waals surface area contributed by atoms with Crippen molar-refractivity contribution < 1.29 is 23.1 Å². The molecule has 0 bridgehead atoms. The molecule has 0 spiro atoms. The van der Waals surface area contributed by atoms with E-state index in [0.717, 1.165) is 25.7 Å². The summed E-state index contributed by atoms with van der Waals surface area (Å²) in [5.41, 5.74) is 1.03. The van der Waals surface area contributed by atoms with Gasteiger partial charge < -0.3 is 20.3 Å². The highest BCUT2D eigenvalue weighted by molar-refractivity contribution is 5.87. The smallest absolute Gasteiger partial charge is 0.407 e. The fourth-order valence-electron chi connectivity index (χ4n) is 5.31. The van der Waals surface area contributed by atoms with Crippen LogP contribution in [0.3, 0.4) is 0 Å². The summed E-state index contributed by atoms with van der Waals surface area (Å²) in [6.07, 6.45) is 0.469. The molecule has 0 radical (unpaired) electrons. The number of methoxy groups -OCH3 is 1. The number of halogens is 2. The van der Waals surface area contributed by atoms with Crippen molar-refractivity contribution in [2.24, 2.45) is 0 Å². The van der Waals surface area contributed by atoms with E-state index in [9.17, 15) is 18.4 Å². The Morgan fingerprint density at radius 2 is 1.86 bits per heavy atom. The molecule has 2 N–H and O–H groups in total. The van der Waals surface area contributed by atoms with Gasteiger partial charge in [0, 0.05) is 24.7 Å². The fraction of sp³-hybridized carbons (Fsp3) is 0.480. The van der Waals surface area contributed by atoms with Crippen molar-refractivity contribution >= 4 is 28.9 Å². The summed E-state index contributed by atoms with van der Waals surface area (Å²) in [7, 11) is 1.28. The van der Waals surface area contributed by atoms with E-state index in [1.54, 1.807) is 37.3 Å². The van der Waals surface area contributed by atoms with Crippen LogP contribution in [0.15, 0.2) is 30.3 Å². The number of hydrogen-bond donors (Lipinski definition) is 2. The molecule has 12 heteroatoms. The summed E-state index contributed by atoms with van der Waals surface area (Å²) < 4.78 is 33.6. The van der Waals surface area contributed by atoms with E-state index < -0.39 is 18.6 Å². The van der Waals surface area contributed by atoms with Gasteiger partial charge in [-0.3, -0.25) is 9.36 Å². The number of likely N-dealkylation sites (tertiary alicyclic amines) is 1. The Hall–Kier alpha value is -3.83. The van der Waals surface area contributed by atoms with Gasteiger partial charge in [-0.25, -0.2) is 28.5 Å². The van der Waals surface area contributed by atoms with Gasteiger partial charge in [0.05, 0.1) is 18.1 Å². The van der Waals surface area contributed by atoms with E-state index in [0.29, 0.717) is 41.5 Å². The number of aryl methyl sites for hydroxylation is 1. The van der Waals surface area contributed by atoms with Gasteiger partial charge in [0.2, 0.25) is 5.91 Å².